The zero-order valence-electron chi connectivity index (χ0n) is 10.8. The quantitative estimate of drug-likeness (QED) is 0.765. The van der Waals surface area contributed by atoms with E-state index in [2.05, 4.69) is 4.90 Å². The predicted octanol–water partition coefficient (Wildman–Crippen LogP) is 1.29. The third kappa shape index (κ3) is 3.20. The molecule has 0 radical (unpaired) electrons. The highest BCUT2D eigenvalue weighted by atomic mass is 32.2. The smallest absolute Gasteiger partial charge is 0.214 e. The Morgan fingerprint density at radius 3 is 2.18 bits per heavy atom. The Labute approximate surface area is 105 Å². The first-order valence-electron chi connectivity index (χ1n) is 6.85. The molecule has 2 rings (SSSR count). The molecule has 5 heteroatoms. The van der Waals surface area contributed by atoms with Crippen molar-refractivity contribution in [3.8, 4) is 0 Å². The van der Waals surface area contributed by atoms with Gasteiger partial charge >= 0.3 is 0 Å². The maximum absolute atomic E-state index is 11.9. The van der Waals surface area contributed by atoms with Gasteiger partial charge in [0.05, 0.1) is 5.75 Å². The zero-order valence-corrected chi connectivity index (χ0v) is 11.6. The lowest BCUT2D eigenvalue weighted by Gasteiger charge is -2.37. The minimum atomic E-state index is -2.97. The summed E-state index contributed by atoms with van der Waals surface area (Å²) in [7, 11) is -2.97. The molecule has 0 aromatic rings. The topological polar surface area (TPSA) is 40.6 Å². The molecule has 17 heavy (non-hydrogen) atoms. The second-order valence-electron chi connectivity index (χ2n) is 5.19. The molecule has 2 fully saturated rings. The Morgan fingerprint density at radius 2 is 1.65 bits per heavy atom. The lowest BCUT2D eigenvalue weighted by molar-refractivity contribution is 0.139. The van der Waals surface area contributed by atoms with Crippen LogP contribution >= 0.6 is 0 Å². The molecular weight excluding hydrogens is 236 g/mol. The molecule has 1 saturated carbocycles. The fourth-order valence-corrected chi connectivity index (χ4v) is 4.50. The average Bonchev–Trinajstić information content (AvgIpc) is 2.82. The average molecular weight is 260 g/mol. The largest absolute Gasteiger partial charge is 0.298 e. The molecular formula is C12H24N2O2S. The van der Waals surface area contributed by atoms with Gasteiger partial charge in [-0.2, -0.15) is 4.31 Å². The van der Waals surface area contributed by atoms with Crippen LogP contribution in [-0.4, -0.2) is 55.6 Å². The van der Waals surface area contributed by atoms with Crippen molar-refractivity contribution < 1.29 is 8.42 Å². The highest BCUT2D eigenvalue weighted by Gasteiger charge is 2.30. The molecule has 0 unspecified atom stereocenters. The van der Waals surface area contributed by atoms with Crippen molar-refractivity contribution >= 4 is 10.0 Å². The van der Waals surface area contributed by atoms with Crippen LogP contribution in [-0.2, 0) is 10.0 Å². The van der Waals surface area contributed by atoms with Gasteiger partial charge in [-0.25, -0.2) is 8.42 Å². The second-order valence-corrected chi connectivity index (χ2v) is 7.28. The van der Waals surface area contributed by atoms with Crippen molar-refractivity contribution in [3.63, 3.8) is 0 Å². The first kappa shape index (κ1) is 13.3. The van der Waals surface area contributed by atoms with Crippen LogP contribution in [0.3, 0.4) is 0 Å². The molecule has 0 spiro atoms. The van der Waals surface area contributed by atoms with E-state index in [9.17, 15) is 8.42 Å². The first-order chi connectivity index (χ1) is 8.13. The molecule has 4 nitrogen and oxygen atoms in total. The summed E-state index contributed by atoms with van der Waals surface area (Å²) in [6.07, 6.45) is 6.02. The Bertz CT molecular complexity index is 328. The van der Waals surface area contributed by atoms with Gasteiger partial charge in [0.2, 0.25) is 10.0 Å². The Balaban J connectivity index is 1.85. The molecule has 1 heterocycles. The van der Waals surface area contributed by atoms with E-state index in [0.717, 1.165) is 19.1 Å². The van der Waals surface area contributed by atoms with E-state index >= 15 is 0 Å². The van der Waals surface area contributed by atoms with E-state index in [4.69, 9.17) is 0 Å². The van der Waals surface area contributed by atoms with Crippen molar-refractivity contribution in [1.82, 2.24) is 9.21 Å². The van der Waals surface area contributed by atoms with Gasteiger partial charge in [-0.3, -0.25) is 4.90 Å². The summed E-state index contributed by atoms with van der Waals surface area (Å²) < 4.78 is 25.5. The SMILES string of the molecule is CCCS(=O)(=O)N1CCN(C2CCCC2)CC1. The lowest BCUT2D eigenvalue weighted by atomic mass is 10.2. The number of piperazine rings is 1. The zero-order chi connectivity index (χ0) is 12.3. The van der Waals surface area contributed by atoms with Crippen LogP contribution in [0, 0.1) is 0 Å². The number of rotatable bonds is 4. The van der Waals surface area contributed by atoms with Crippen molar-refractivity contribution in [2.75, 3.05) is 31.9 Å². The van der Waals surface area contributed by atoms with Gasteiger partial charge in [0.1, 0.15) is 0 Å². The lowest BCUT2D eigenvalue weighted by Crippen LogP contribution is -2.51. The van der Waals surface area contributed by atoms with Crippen LogP contribution in [0.15, 0.2) is 0 Å². The van der Waals surface area contributed by atoms with E-state index in [1.807, 2.05) is 6.92 Å². The normalized spacial score (nSPS) is 25.5. The minimum Gasteiger partial charge on any atom is -0.298 e. The van der Waals surface area contributed by atoms with Crippen LogP contribution in [0.5, 0.6) is 0 Å². The summed E-state index contributed by atoms with van der Waals surface area (Å²) in [5.74, 6) is 0.302. The predicted molar refractivity (Wildman–Crippen MR) is 69.5 cm³/mol. The van der Waals surface area contributed by atoms with Crippen molar-refractivity contribution in [2.45, 2.75) is 45.1 Å². The molecule has 0 aromatic carbocycles. The summed E-state index contributed by atoms with van der Waals surface area (Å²) in [5.41, 5.74) is 0. The highest BCUT2D eigenvalue weighted by Crippen LogP contribution is 2.24. The van der Waals surface area contributed by atoms with Crippen LogP contribution in [0.4, 0.5) is 0 Å². The third-order valence-corrected chi connectivity index (χ3v) is 6.05. The van der Waals surface area contributed by atoms with Crippen molar-refractivity contribution in [2.24, 2.45) is 0 Å². The maximum atomic E-state index is 11.9. The van der Waals surface area contributed by atoms with Crippen LogP contribution in [0.2, 0.25) is 0 Å². The summed E-state index contributed by atoms with van der Waals surface area (Å²) in [6, 6.07) is 0.728. The van der Waals surface area contributed by atoms with Crippen molar-refractivity contribution in [1.29, 1.82) is 0 Å². The first-order valence-corrected chi connectivity index (χ1v) is 8.46. The summed E-state index contributed by atoms with van der Waals surface area (Å²) in [5, 5.41) is 0. The molecule has 1 saturated heterocycles. The number of hydrogen-bond donors (Lipinski definition) is 0. The Hall–Kier alpha value is -0.130. The molecule has 0 amide bonds. The highest BCUT2D eigenvalue weighted by molar-refractivity contribution is 7.89. The summed E-state index contributed by atoms with van der Waals surface area (Å²) >= 11 is 0. The van der Waals surface area contributed by atoms with Gasteiger partial charge in [-0.05, 0) is 19.3 Å². The molecule has 1 aliphatic carbocycles. The molecule has 0 atom stereocenters. The van der Waals surface area contributed by atoms with E-state index < -0.39 is 10.0 Å². The number of hydrogen-bond acceptors (Lipinski definition) is 3. The Kier molecular flexibility index (Phi) is 4.44. The van der Waals surface area contributed by atoms with Gasteiger partial charge in [0, 0.05) is 32.2 Å². The number of sulfonamides is 1. The van der Waals surface area contributed by atoms with Gasteiger partial charge in [-0.1, -0.05) is 19.8 Å². The van der Waals surface area contributed by atoms with Crippen LogP contribution < -0.4 is 0 Å². The second kappa shape index (κ2) is 5.67. The van der Waals surface area contributed by atoms with Crippen LogP contribution in [0.25, 0.3) is 0 Å². The third-order valence-electron chi connectivity index (χ3n) is 3.97. The summed E-state index contributed by atoms with van der Waals surface area (Å²) in [4.78, 5) is 2.49. The van der Waals surface area contributed by atoms with Gasteiger partial charge in [0.15, 0.2) is 0 Å². The monoisotopic (exact) mass is 260 g/mol. The van der Waals surface area contributed by atoms with E-state index in [0.29, 0.717) is 25.3 Å². The molecule has 1 aliphatic heterocycles. The number of nitrogens with zero attached hydrogens (tertiary/aromatic N) is 2. The van der Waals surface area contributed by atoms with Crippen molar-refractivity contribution in [3.05, 3.63) is 0 Å². The molecule has 2 aliphatic rings. The molecule has 100 valence electrons. The summed E-state index contributed by atoms with van der Waals surface area (Å²) in [6.45, 7) is 5.16. The molecule has 0 aromatic heterocycles. The van der Waals surface area contributed by atoms with Gasteiger partial charge in [0.25, 0.3) is 0 Å². The molecule has 0 bridgehead atoms. The fraction of sp³-hybridized carbons (Fsp3) is 1.00. The standard InChI is InChI=1S/C12H24N2O2S/c1-2-11-17(15,16)14-9-7-13(8-10-14)12-5-3-4-6-12/h12H,2-11H2,1H3. The van der Waals surface area contributed by atoms with E-state index in [-0.39, 0.29) is 0 Å². The minimum absolute atomic E-state index is 0.302. The fourth-order valence-electron chi connectivity index (χ4n) is 3.00. The Morgan fingerprint density at radius 1 is 1.06 bits per heavy atom. The van der Waals surface area contributed by atoms with Crippen LogP contribution in [0.1, 0.15) is 39.0 Å². The van der Waals surface area contributed by atoms with Gasteiger partial charge < -0.3 is 0 Å². The maximum Gasteiger partial charge on any atom is 0.214 e. The van der Waals surface area contributed by atoms with E-state index in [1.54, 1.807) is 4.31 Å². The van der Waals surface area contributed by atoms with Gasteiger partial charge in [-0.15, -0.1) is 0 Å². The van der Waals surface area contributed by atoms with E-state index in [1.165, 1.54) is 25.7 Å². The molecule has 0 N–H and O–H groups in total.